The maximum absolute atomic E-state index is 4.29. The summed E-state index contributed by atoms with van der Waals surface area (Å²) in [4.78, 5) is 4.29. The number of hydrogen-bond donors (Lipinski definition) is 0. The summed E-state index contributed by atoms with van der Waals surface area (Å²) in [5, 5.41) is 0. The highest BCUT2D eigenvalue weighted by molar-refractivity contribution is 5.64. The summed E-state index contributed by atoms with van der Waals surface area (Å²) in [6.07, 6.45) is 7.43. The molecule has 0 saturated heterocycles. The first kappa shape index (κ1) is 4.54. The van der Waals surface area contributed by atoms with Crippen LogP contribution in [-0.2, 0) is 0 Å². The van der Waals surface area contributed by atoms with Gasteiger partial charge in [0.2, 0.25) is 0 Å². The van der Waals surface area contributed by atoms with Gasteiger partial charge in [-0.1, -0.05) is 0 Å². The van der Waals surface area contributed by atoms with Gasteiger partial charge >= 0.3 is 0 Å². The Balaban J connectivity index is 2.20. The lowest BCUT2D eigenvalue weighted by atomic mass is 9.84. The molecule has 3 aliphatic rings. The average molecular weight is 108 g/mol. The van der Waals surface area contributed by atoms with Crippen molar-refractivity contribution in [2.24, 2.45) is 10.9 Å². The maximum Gasteiger partial charge on any atom is 0.0855 e. The summed E-state index contributed by atoms with van der Waals surface area (Å²) in [6, 6.07) is 1.44. The zero-order chi connectivity index (χ0) is 5.40. The molecule has 0 N–H and O–H groups in total. The van der Waals surface area contributed by atoms with Crippen molar-refractivity contribution in [1.29, 1.82) is 0 Å². The first-order valence-electron chi connectivity index (χ1n) is 3.34. The molecule has 8 heavy (non-hydrogen) atoms. The van der Waals surface area contributed by atoms with Gasteiger partial charge in [-0.05, 0) is 31.6 Å². The van der Waals surface area contributed by atoms with E-state index < -0.39 is 0 Å². The van der Waals surface area contributed by atoms with E-state index in [0.29, 0.717) is 0 Å². The number of aliphatic imine (C=N–C) groups is 1. The minimum absolute atomic E-state index is 0.840. The SMILES string of the molecule is C1=N[C]2CCC1CC2. The lowest BCUT2D eigenvalue weighted by Gasteiger charge is -2.27. The van der Waals surface area contributed by atoms with E-state index in [1.165, 1.54) is 31.7 Å². The van der Waals surface area contributed by atoms with Crippen molar-refractivity contribution in [2.45, 2.75) is 25.7 Å². The summed E-state index contributed by atoms with van der Waals surface area (Å²) in [7, 11) is 0. The van der Waals surface area contributed by atoms with Crippen LogP contribution in [0.25, 0.3) is 0 Å². The van der Waals surface area contributed by atoms with Crippen LogP contribution in [-0.4, -0.2) is 6.21 Å². The number of nitrogens with zero attached hydrogens (tertiary/aromatic N) is 1. The van der Waals surface area contributed by atoms with Gasteiger partial charge in [0.05, 0.1) is 6.04 Å². The van der Waals surface area contributed by atoms with Gasteiger partial charge in [-0.3, -0.25) is 4.99 Å². The predicted octanol–water partition coefficient (Wildman–Crippen LogP) is 1.79. The van der Waals surface area contributed by atoms with Crippen LogP contribution >= 0.6 is 0 Å². The van der Waals surface area contributed by atoms with E-state index in [1.807, 2.05) is 0 Å². The lowest BCUT2D eigenvalue weighted by molar-refractivity contribution is 0.444. The van der Waals surface area contributed by atoms with E-state index in [9.17, 15) is 0 Å². The van der Waals surface area contributed by atoms with Gasteiger partial charge in [-0.15, -0.1) is 0 Å². The molecule has 1 heteroatoms. The first-order chi connectivity index (χ1) is 3.95. The van der Waals surface area contributed by atoms with Gasteiger partial charge in [0.25, 0.3) is 0 Å². The number of fused-ring (bicyclic) bond motifs is 2. The summed E-state index contributed by atoms with van der Waals surface area (Å²) >= 11 is 0. The molecule has 1 radical (unpaired) electrons. The molecule has 0 spiro atoms. The Morgan fingerprint density at radius 2 is 2.12 bits per heavy atom. The minimum atomic E-state index is 0.840. The lowest BCUT2D eigenvalue weighted by Crippen LogP contribution is -2.18. The highest BCUT2D eigenvalue weighted by Crippen LogP contribution is 2.34. The van der Waals surface area contributed by atoms with Crippen LogP contribution in [0.1, 0.15) is 25.7 Å². The summed E-state index contributed by atoms with van der Waals surface area (Å²) in [5.74, 6) is 0.840. The Hall–Kier alpha value is -0.330. The second kappa shape index (κ2) is 1.57. The van der Waals surface area contributed by atoms with Crippen LogP contribution in [0, 0.1) is 12.0 Å². The van der Waals surface area contributed by atoms with Gasteiger partial charge in [-0.25, -0.2) is 0 Å². The highest BCUT2D eigenvalue weighted by Gasteiger charge is 2.23. The second-order valence-corrected chi connectivity index (χ2v) is 2.68. The van der Waals surface area contributed by atoms with Crippen LogP contribution in [0.2, 0.25) is 0 Å². The third kappa shape index (κ3) is 0.575. The van der Waals surface area contributed by atoms with Crippen molar-refractivity contribution in [3.63, 3.8) is 0 Å². The van der Waals surface area contributed by atoms with Gasteiger partial charge in [0.1, 0.15) is 0 Å². The molecule has 0 aromatic carbocycles. The maximum atomic E-state index is 4.29. The zero-order valence-electron chi connectivity index (χ0n) is 4.93. The second-order valence-electron chi connectivity index (χ2n) is 2.68. The molecule has 2 heterocycles. The molecule has 3 rings (SSSR count). The molecule has 1 aliphatic carbocycles. The van der Waals surface area contributed by atoms with Crippen LogP contribution < -0.4 is 0 Å². The van der Waals surface area contributed by atoms with Crippen molar-refractivity contribution in [2.75, 3.05) is 0 Å². The third-order valence-electron chi connectivity index (χ3n) is 2.08. The molecule has 43 valence electrons. The Kier molecular flexibility index (Phi) is 0.893. The highest BCUT2D eigenvalue weighted by atomic mass is 14.8. The zero-order valence-corrected chi connectivity index (χ0v) is 4.93. The molecular weight excluding hydrogens is 98.1 g/mol. The van der Waals surface area contributed by atoms with Crippen molar-refractivity contribution in [1.82, 2.24) is 0 Å². The average Bonchev–Trinajstić information content (AvgIpc) is 1.92. The smallest absolute Gasteiger partial charge is 0.0855 e. The summed E-state index contributed by atoms with van der Waals surface area (Å²) < 4.78 is 0. The third-order valence-corrected chi connectivity index (χ3v) is 2.08. The summed E-state index contributed by atoms with van der Waals surface area (Å²) in [6.45, 7) is 0. The fourth-order valence-corrected chi connectivity index (χ4v) is 1.46. The summed E-state index contributed by atoms with van der Waals surface area (Å²) in [5.41, 5.74) is 0. The van der Waals surface area contributed by atoms with Crippen molar-refractivity contribution in [3.05, 3.63) is 6.04 Å². The molecule has 0 aromatic heterocycles. The van der Waals surface area contributed by atoms with Crippen LogP contribution in [0.5, 0.6) is 0 Å². The van der Waals surface area contributed by atoms with Crippen molar-refractivity contribution in [3.8, 4) is 0 Å². The Labute approximate surface area is 49.8 Å². The first-order valence-corrected chi connectivity index (χ1v) is 3.34. The number of rotatable bonds is 0. The normalized spacial score (nSPS) is 29.5. The molecule has 2 aliphatic heterocycles. The van der Waals surface area contributed by atoms with Crippen LogP contribution in [0.4, 0.5) is 0 Å². The molecule has 0 aromatic rings. The van der Waals surface area contributed by atoms with E-state index in [0.717, 1.165) is 5.92 Å². The molecule has 1 nitrogen and oxygen atoms in total. The fourth-order valence-electron chi connectivity index (χ4n) is 1.46. The molecular formula is C7H10N. The van der Waals surface area contributed by atoms with Crippen molar-refractivity contribution < 1.29 is 0 Å². The van der Waals surface area contributed by atoms with Gasteiger partial charge in [0, 0.05) is 6.21 Å². The topological polar surface area (TPSA) is 12.4 Å². The van der Waals surface area contributed by atoms with E-state index in [1.54, 1.807) is 0 Å². The van der Waals surface area contributed by atoms with E-state index >= 15 is 0 Å². The molecule has 0 amide bonds. The predicted molar refractivity (Wildman–Crippen MR) is 33.7 cm³/mol. The van der Waals surface area contributed by atoms with Gasteiger partial charge in [0.15, 0.2) is 0 Å². The Bertz CT molecular complexity index is 95.6. The monoisotopic (exact) mass is 108 g/mol. The van der Waals surface area contributed by atoms with Gasteiger partial charge in [-0.2, -0.15) is 0 Å². The Morgan fingerprint density at radius 1 is 1.38 bits per heavy atom. The minimum Gasteiger partial charge on any atom is -0.288 e. The van der Waals surface area contributed by atoms with E-state index in [4.69, 9.17) is 0 Å². The largest absolute Gasteiger partial charge is 0.288 e. The number of hydrogen-bond acceptors (Lipinski definition) is 1. The molecule has 0 atom stereocenters. The van der Waals surface area contributed by atoms with E-state index in [2.05, 4.69) is 11.2 Å². The van der Waals surface area contributed by atoms with Crippen LogP contribution in [0.15, 0.2) is 4.99 Å². The Morgan fingerprint density at radius 3 is 2.25 bits per heavy atom. The molecule has 1 saturated carbocycles. The van der Waals surface area contributed by atoms with Gasteiger partial charge < -0.3 is 0 Å². The fraction of sp³-hybridized carbons (Fsp3) is 0.714. The molecule has 0 unspecified atom stereocenters. The molecule has 2 bridgehead atoms. The van der Waals surface area contributed by atoms with Crippen molar-refractivity contribution >= 4 is 6.21 Å². The van der Waals surface area contributed by atoms with E-state index in [-0.39, 0.29) is 0 Å². The van der Waals surface area contributed by atoms with Crippen LogP contribution in [0.3, 0.4) is 0 Å². The standard InChI is InChI=1S/C7H10N/c1-3-7-4-2-6(1)5-8-7/h5-6H,1-4H2. The molecule has 1 fully saturated rings. The quantitative estimate of drug-likeness (QED) is 0.448.